The zero-order chi connectivity index (χ0) is 17.5. The number of benzene rings is 1. The first kappa shape index (κ1) is 18.1. The molecule has 0 fully saturated rings. The predicted octanol–water partition coefficient (Wildman–Crippen LogP) is 3.49. The lowest BCUT2D eigenvalue weighted by Crippen LogP contribution is -2.24. The highest BCUT2D eigenvalue weighted by Crippen LogP contribution is 2.28. The Morgan fingerprint density at radius 3 is 2.75 bits per heavy atom. The minimum absolute atomic E-state index is 0.190. The lowest BCUT2D eigenvalue weighted by molar-refractivity contribution is 0.0901. The van der Waals surface area contributed by atoms with Crippen LogP contribution in [0.25, 0.3) is 6.08 Å². The van der Waals surface area contributed by atoms with Crippen molar-refractivity contribution < 1.29 is 14.6 Å². The molecule has 0 radical (unpaired) electrons. The van der Waals surface area contributed by atoms with Crippen molar-refractivity contribution in [2.45, 2.75) is 39.3 Å². The quantitative estimate of drug-likeness (QED) is 0.805. The Bertz CT molecular complexity index is 677. The average Bonchev–Trinajstić information content (AvgIpc) is 3.02. The number of aliphatic hydroxyl groups is 1. The summed E-state index contributed by atoms with van der Waals surface area (Å²) in [4.78, 5) is 4.33. The third-order valence-corrected chi connectivity index (χ3v) is 3.65. The van der Waals surface area contributed by atoms with Crippen LogP contribution >= 0.6 is 0 Å². The van der Waals surface area contributed by atoms with E-state index >= 15 is 0 Å². The monoisotopic (exact) mass is 330 g/mol. The molecule has 0 saturated carbocycles. The number of aromatic nitrogens is 2. The number of rotatable bonds is 8. The molecule has 0 saturated heterocycles. The smallest absolute Gasteiger partial charge is 0.161 e. The van der Waals surface area contributed by atoms with Crippen LogP contribution in [0.3, 0.4) is 0 Å². The molecule has 0 amide bonds. The number of methoxy groups -OCH3 is 1. The molecule has 0 aliphatic carbocycles. The first-order valence-electron chi connectivity index (χ1n) is 8.17. The number of hydrogen-bond acceptors (Lipinski definition) is 4. The predicted molar refractivity (Wildman–Crippen MR) is 95.5 cm³/mol. The van der Waals surface area contributed by atoms with Gasteiger partial charge in [-0.15, -0.1) is 0 Å². The summed E-state index contributed by atoms with van der Waals surface area (Å²) in [7, 11) is 1.61. The lowest BCUT2D eigenvalue weighted by Gasteiger charge is -2.17. The Labute approximate surface area is 143 Å². The molecule has 5 nitrogen and oxygen atoms in total. The molecule has 24 heavy (non-hydrogen) atoms. The highest BCUT2D eigenvalue weighted by atomic mass is 16.5. The van der Waals surface area contributed by atoms with E-state index in [2.05, 4.69) is 18.8 Å². The molecule has 1 unspecified atom stereocenters. The standard InChI is InChI=1S/C19H26N2O3/c1-5-6-15-7-8-17(18(11-15)23-4)24-13-16(22)12-21-10-9-20-19(21)14(2)3/h5-11,14,16,22H,12-13H2,1-4H3/b6-5+. The summed E-state index contributed by atoms with van der Waals surface area (Å²) in [6.45, 7) is 6.77. The summed E-state index contributed by atoms with van der Waals surface area (Å²) in [6, 6.07) is 5.73. The summed E-state index contributed by atoms with van der Waals surface area (Å²) in [5.41, 5.74) is 1.04. The number of aliphatic hydroxyl groups excluding tert-OH is 1. The van der Waals surface area contributed by atoms with Crippen molar-refractivity contribution in [3.05, 3.63) is 48.1 Å². The summed E-state index contributed by atoms with van der Waals surface area (Å²) >= 11 is 0. The number of allylic oxidation sites excluding steroid dienone is 1. The molecule has 0 aliphatic heterocycles. The van der Waals surface area contributed by atoms with E-state index in [9.17, 15) is 5.11 Å². The molecular weight excluding hydrogens is 304 g/mol. The highest BCUT2D eigenvalue weighted by Gasteiger charge is 2.13. The van der Waals surface area contributed by atoms with Crippen molar-refractivity contribution in [1.82, 2.24) is 9.55 Å². The Morgan fingerprint density at radius 2 is 2.08 bits per heavy atom. The first-order chi connectivity index (χ1) is 11.5. The Kier molecular flexibility index (Phi) is 6.44. The van der Waals surface area contributed by atoms with Crippen molar-refractivity contribution >= 4 is 6.08 Å². The van der Waals surface area contributed by atoms with E-state index in [1.807, 2.05) is 48.0 Å². The zero-order valence-electron chi connectivity index (χ0n) is 14.8. The molecule has 0 aliphatic rings. The maximum absolute atomic E-state index is 10.3. The van der Waals surface area contributed by atoms with Crippen LogP contribution in [0, 0.1) is 0 Å². The largest absolute Gasteiger partial charge is 0.493 e. The first-order valence-corrected chi connectivity index (χ1v) is 8.17. The zero-order valence-corrected chi connectivity index (χ0v) is 14.8. The van der Waals surface area contributed by atoms with E-state index in [0.29, 0.717) is 24.0 Å². The SMILES string of the molecule is C/C=C/c1ccc(OCC(O)Cn2ccnc2C(C)C)c(OC)c1. The van der Waals surface area contributed by atoms with Crippen LogP contribution in [0.1, 0.15) is 38.1 Å². The van der Waals surface area contributed by atoms with Gasteiger partial charge in [0.15, 0.2) is 11.5 Å². The van der Waals surface area contributed by atoms with Crippen LogP contribution in [-0.2, 0) is 6.54 Å². The van der Waals surface area contributed by atoms with E-state index in [1.54, 1.807) is 13.3 Å². The fraction of sp³-hybridized carbons (Fsp3) is 0.421. The second-order valence-corrected chi connectivity index (χ2v) is 5.97. The van der Waals surface area contributed by atoms with Gasteiger partial charge in [-0.05, 0) is 24.6 Å². The second-order valence-electron chi connectivity index (χ2n) is 5.97. The van der Waals surface area contributed by atoms with Crippen LogP contribution in [0.15, 0.2) is 36.7 Å². The van der Waals surface area contributed by atoms with Gasteiger partial charge in [0.25, 0.3) is 0 Å². The Morgan fingerprint density at radius 1 is 1.29 bits per heavy atom. The summed E-state index contributed by atoms with van der Waals surface area (Å²) < 4.78 is 13.1. The van der Waals surface area contributed by atoms with E-state index in [1.165, 1.54) is 0 Å². The van der Waals surface area contributed by atoms with Gasteiger partial charge in [0.2, 0.25) is 0 Å². The Hall–Kier alpha value is -2.27. The van der Waals surface area contributed by atoms with Crippen molar-refractivity contribution in [1.29, 1.82) is 0 Å². The molecule has 1 atom stereocenters. The maximum Gasteiger partial charge on any atom is 0.161 e. The molecule has 1 heterocycles. The third kappa shape index (κ3) is 4.61. The van der Waals surface area contributed by atoms with Crippen LogP contribution in [-0.4, -0.2) is 34.5 Å². The fourth-order valence-corrected chi connectivity index (χ4v) is 2.54. The molecule has 130 valence electrons. The van der Waals surface area contributed by atoms with E-state index in [-0.39, 0.29) is 6.61 Å². The van der Waals surface area contributed by atoms with Gasteiger partial charge in [0.1, 0.15) is 18.5 Å². The van der Waals surface area contributed by atoms with Crippen LogP contribution in [0.5, 0.6) is 11.5 Å². The van der Waals surface area contributed by atoms with Crippen molar-refractivity contribution in [3.8, 4) is 11.5 Å². The summed E-state index contributed by atoms with van der Waals surface area (Å²) in [5, 5.41) is 10.3. The van der Waals surface area contributed by atoms with Crippen molar-refractivity contribution in [2.75, 3.05) is 13.7 Å². The molecular formula is C19H26N2O3. The van der Waals surface area contributed by atoms with Crippen LogP contribution < -0.4 is 9.47 Å². The van der Waals surface area contributed by atoms with Gasteiger partial charge in [-0.3, -0.25) is 0 Å². The minimum Gasteiger partial charge on any atom is -0.493 e. The highest BCUT2D eigenvalue weighted by molar-refractivity contribution is 5.55. The summed E-state index contributed by atoms with van der Waals surface area (Å²) in [6.07, 6.45) is 6.97. The van der Waals surface area contributed by atoms with Gasteiger partial charge in [0.05, 0.1) is 13.7 Å². The lowest BCUT2D eigenvalue weighted by atomic mass is 10.2. The van der Waals surface area contributed by atoms with Crippen LogP contribution in [0.2, 0.25) is 0 Å². The molecule has 0 bridgehead atoms. The topological polar surface area (TPSA) is 56.5 Å². The number of imidazole rings is 1. The normalized spacial score (nSPS) is 12.8. The van der Waals surface area contributed by atoms with Crippen LogP contribution in [0.4, 0.5) is 0 Å². The average molecular weight is 330 g/mol. The van der Waals surface area contributed by atoms with Gasteiger partial charge in [-0.25, -0.2) is 4.98 Å². The van der Waals surface area contributed by atoms with Gasteiger partial charge >= 0.3 is 0 Å². The molecule has 5 heteroatoms. The molecule has 1 aromatic heterocycles. The number of nitrogens with zero attached hydrogens (tertiary/aromatic N) is 2. The number of hydrogen-bond donors (Lipinski definition) is 1. The molecule has 0 spiro atoms. The van der Waals surface area contributed by atoms with Crippen molar-refractivity contribution in [2.24, 2.45) is 0 Å². The van der Waals surface area contributed by atoms with E-state index in [4.69, 9.17) is 9.47 Å². The van der Waals surface area contributed by atoms with Gasteiger partial charge in [0, 0.05) is 18.3 Å². The summed E-state index contributed by atoms with van der Waals surface area (Å²) in [5.74, 6) is 2.55. The number of ether oxygens (including phenoxy) is 2. The molecule has 2 rings (SSSR count). The maximum atomic E-state index is 10.3. The third-order valence-electron chi connectivity index (χ3n) is 3.65. The van der Waals surface area contributed by atoms with E-state index in [0.717, 1.165) is 11.4 Å². The van der Waals surface area contributed by atoms with Crippen molar-refractivity contribution in [3.63, 3.8) is 0 Å². The van der Waals surface area contributed by atoms with Gasteiger partial charge in [-0.1, -0.05) is 32.1 Å². The molecule has 2 aromatic rings. The fourth-order valence-electron chi connectivity index (χ4n) is 2.54. The van der Waals surface area contributed by atoms with Gasteiger partial charge < -0.3 is 19.1 Å². The van der Waals surface area contributed by atoms with E-state index < -0.39 is 6.10 Å². The Balaban J connectivity index is 1.98. The second kappa shape index (κ2) is 8.55. The molecule has 1 N–H and O–H groups in total. The minimum atomic E-state index is -0.628. The van der Waals surface area contributed by atoms with Gasteiger partial charge in [-0.2, -0.15) is 0 Å². The molecule has 1 aromatic carbocycles.